The minimum atomic E-state index is -1.33. The molecule has 144 valence electrons. The van der Waals surface area contributed by atoms with E-state index < -0.39 is 8.07 Å². The van der Waals surface area contributed by atoms with E-state index in [1.54, 1.807) is 12.3 Å². The number of nitrogens with zero attached hydrogens (tertiary/aromatic N) is 3. The molecule has 8 heteroatoms. The SMILES string of the molecule is C[Si](C)(C)c1ccc(NC(=O)N2CCN(c3ncc(Cl)cc3Cl)CC2)cc1. The van der Waals surface area contributed by atoms with Gasteiger partial charge in [0.05, 0.1) is 18.1 Å². The van der Waals surface area contributed by atoms with Gasteiger partial charge in [0.25, 0.3) is 0 Å². The lowest BCUT2D eigenvalue weighted by atomic mass is 10.3. The molecule has 27 heavy (non-hydrogen) atoms. The zero-order chi connectivity index (χ0) is 19.6. The van der Waals surface area contributed by atoms with Crippen molar-refractivity contribution in [2.24, 2.45) is 0 Å². The Balaban J connectivity index is 1.57. The number of piperazine rings is 1. The predicted molar refractivity (Wildman–Crippen MR) is 116 cm³/mol. The molecule has 3 rings (SSSR count). The fraction of sp³-hybridized carbons (Fsp3) is 0.368. The van der Waals surface area contributed by atoms with Gasteiger partial charge in [-0.2, -0.15) is 0 Å². The van der Waals surface area contributed by atoms with E-state index >= 15 is 0 Å². The Morgan fingerprint density at radius 3 is 2.26 bits per heavy atom. The Hall–Kier alpha value is -1.76. The number of hydrogen-bond donors (Lipinski definition) is 1. The van der Waals surface area contributed by atoms with Gasteiger partial charge in [-0.25, -0.2) is 9.78 Å². The number of rotatable bonds is 3. The van der Waals surface area contributed by atoms with Crippen molar-refractivity contribution in [2.75, 3.05) is 36.4 Å². The topological polar surface area (TPSA) is 48.5 Å². The lowest BCUT2D eigenvalue weighted by molar-refractivity contribution is 0.208. The summed E-state index contributed by atoms with van der Waals surface area (Å²) in [6.07, 6.45) is 1.59. The second-order valence-electron chi connectivity index (χ2n) is 7.69. The minimum Gasteiger partial charge on any atom is -0.352 e. The number of carbonyl (C=O) groups excluding carboxylic acids is 1. The molecule has 0 bridgehead atoms. The van der Waals surface area contributed by atoms with E-state index in [1.807, 2.05) is 17.0 Å². The molecule has 0 unspecified atom stereocenters. The smallest absolute Gasteiger partial charge is 0.321 e. The number of pyridine rings is 1. The summed E-state index contributed by atoms with van der Waals surface area (Å²) in [5.74, 6) is 0.711. The highest BCUT2D eigenvalue weighted by Crippen LogP contribution is 2.26. The summed E-state index contributed by atoms with van der Waals surface area (Å²) in [4.78, 5) is 20.8. The molecule has 0 radical (unpaired) electrons. The quantitative estimate of drug-likeness (QED) is 0.750. The Morgan fingerprint density at radius 2 is 1.70 bits per heavy atom. The maximum absolute atomic E-state index is 12.5. The van der Waals surface area contributed by atoms with Gasteiger partial charge in [0.1, 0.15) is 5.82 Å². The van der Waals surface area contributed by atoms with Crippen molar-refractivity contribution < 1.29 is 4.79 Å². The number of urea groups is 1. The van der Waals surface area contributed by atoms with Gasteiger partial charge in [-0.3, -0.25) is 0 Å². The number of carbonyl (C=O) groups is 1. The van der Waals surface area contributed by atoms with Gasteiger partial charge in [-0.05, 0) is 18.2 Å². The summed E-state index contributed by atoms with van der Waals surface area (Å²) >= 11 is 12.1. The molecule has 0 spiro atoms. The Kier molecular flexibility index (Phi) is 5.98. The van der Waals surface area contributed by atoms with Crippen molar-refractivity contribution in [1.29, 1.82) is 0 Å². The maximum Gasteiger partial charge on any atom is 0.321 e. The molecular weight excluding hydrogens is 399 g/mol. The molecular formula is C19H24Cl2N4OSi. The monoisotopic (exact) mass is 422 g/mol. The fourth-order valence-corrected chi connectivity index (χ4v) is 4.68. The first-order valence-corrected chi connectivity index (χ1v) is 13.2. The average molecular weight is 423 g/mol. The average Bonchev–Trinajstić information content (AvgIpc) is 2.61. The first-order chi connectivity index (χ1) is 12.7. The zero-order valence-corrected chi connectivity index (χ0v) is 18.3. The molecule has 0 aliphatic carbocycles. The van der Waals surface area contributed by atoms with Gasteiger partial charge >= 0.3 is 6.03 Å². The van der Waals surface area contributed by atoms with Crippen LogP contribution in [-0.4, -0.2) is 50.2 Å². The molecule has 0 saturated carbocycles. The molecule has 2 amide bonds. The molecule has 1 aliphatic heterocycles. The van der Waals surface area contributed by atoms with Crippen LogP contribution in [0.3, 0.4) is 0 Å². The van der Waals surface area contributed by atoms with Crippen LogP contribution in [0.1, 0.15) is 0 Å². The summed E-state index contributed by atoms with van der Waals surface area (Å²) < 4.78 is 0. The van der Waals surface area contributed by atoms with E-state index in [9.17, 15) is 4.79 Å². The number of aromatic nitrogens is 1. The summed E-state index contributed by atoms with van der Waals surface area (Å²) in [6, 6.07) is 9.82. The first-order valence-electron chi connectivity index (χ1n) is 8.96. The standard InChI is InChI=1S/C19H24Cl2N4OSi/c1-27(2,3)16-6-4-15(5-7-16)23-19(26)25-10-8-24(9-11-25)18-17(21)12-14(20)13-22-18/h4-7,12-13H,8-11H2,1-3H3,(H,23,26). The lowest BCUT2D eigenvalue weighted by Crippen LogP contribution is -2.50. The largest absolute Gasteiger partial charge is 0.352 e. The van der Waals surface area contributed by atoms with Gasteiger partial charge in [0.2, 0.25) is 0 Å². The van der Waals surface area contributed by atoms with E-state index in [4.69, 9.17) is 23.2 Å². The summed E-state index contributed by atoms with van der Waals surface area (Å²) in [7, 11) is -1.33. The molecule has 2 aromatic rings. The van der Waals surface area contributed by atoms with E-state index in [-0.39, 0.29) is 6.03 Å². The van der Waals surface area contributed by atoms with Crippen molar-refractivity contribution in [2.45, 2.75) is 19.6 Å². The maximum atomic E-state index is 12.5. The van der Waals surface area contributed by atoms with E-state index in [1.165, 1.54) is 5.19 Å². The highest BCUT2D eigenvalue weighted by atomic mass is 35.5. The van der Waals surface area contributed by atoms with Crippen LogP contribution in [-0.2, 0) is 0 Å². The summed E-state index contributed by atoms with van der Waals surface area (Å²) in [5.41, 5.74) is 0.826. The number of amides is 2. The third kappa shape index (κ3) is 4.94. The van der Waals surface area contributed by atoms with Crippen LogP contribution in [0.4, 0.5) is 16.3 Å². The van der Waals surface area contributed by atoms with Crippen molar-refractivity contribution in [1.82, 2.24) is 9.88 Å². The Bertz CT molecular complexity index is 815. The number of hydrogen-bond acceptors (Lipinski definition) is 3. The van der Waals surface area contributed by atoms with Crippen LogP contribution in [0.5, 0.6) is 0 Å². The van der Waals surface area contributed by atoms with E-state index in [0.29, 0.717) is 42.0 Å². The van der Waals surface area contributed by atoms with Gasteiger partial charge in [0.15, 0.2) is 0 Å². The number of nitrogens with one attached hydrogen (secondary N) is 1. The van der Waals surface area contributed by atoms with E-state index in [0.717, 1.165) is 5.69 Å². The van der Waals surface area contributed by atoms with Gasteiger partial charge in [0, 0.05) is 38.1 Å². The molecule has 5 nitrogen and oxygen atoms in total. The third-order valence-corrected chi connectivity index (χ3v) is 7.21. The molecule has 1 N–H and O–H groups in total. The van der Waals surface area contributed by atoms with Gasteiger partial charge in [-0.15, -0.1) is 0 Å². The second kappa shape index (κ2) is 8.08. The molecule has 1 aliphatic rings. The molecule has 2 heterocycles. The van der Waals surface area contributed by atoms with Crippen LogP contribution >= 0.6 is 23.2 Å². The van der Waals surface area contributed by atoms with Crippen LogP contribution in [0.2, 0.25) is 29.7 Å². The molecule has 1 fully saturated rings. The molecule has 1 saturated heterocycles. The van der Waals surface area contributed by atoms with Gasteiger partial charge in [-0.1, -0.05) is 60.2 Å². The highest BCUT2D eigenvalue weighted by Gasteiger charge is 2.23. The van der Waals surface area contributed by atoms with Crippen LogP contribution < -0.4 is 15.4 Å². The number of anilines is 2. The molecule has 0 atom stereocenters. The normalized spacial score (nSPS) is 15.0. The first kappa shape index (κ1) is 20.0. The molecule has 1 aromatic carbocycles. The van der Waals surface area contributed by atoms with Crippen molar-refractivity contribution >= 4 is 54.0 Å². The number of halogens is 2. The Morgan fingerprint density at radius 1 is 1.07 bits per heavy atom. The predicted octanol–water partition coefficient (Wildman–Crippen LogP) is 4.29. The fourth-order valence-electron chi connectivity index (χ4n) is 3.02. The molecule has 1 aromatic heterocycles. The van der Waals surface area contributed by atoms with Crippen molar-refractivity contribution in [3.63, 3.8) is 0 Å². The second-order valence-corrected chi connectivity index (χ2v) is 13.6. The van der Waals surface area contributed by atoms with Crippen molar-refractivity contribution in [3.8, 4) is 0 Å². The van der Waals surface area contributed by atoms with Crippen molar-refractivity contribution in [3.05, 3.63) is 46.6 Å². The summed E-state index contributed by atoms with van der Waals surface area (Å²) in [5, 5.41) is 5.41. The summed E-state index contributed by atoms with van der Waals surface area (Å²) in [6.45, 7) is 9.50. The van der Waals surface area contributed by atoms with Crippen LogP contribution in [0.15, 0.2) is 36.5 Å². The minimum absolute atomic E-state index is 0.0782. The van der Waals surface area contributed by atoms with Gasteiger partial charge < -0.3 is 15.1 Å². The third-order valence-electron chi connectivity index (χ3n) is 4.66. The van der Waals surface area contributed by atoms with Crippen LogP contribution in [0.25, 0.3) is 0 Å². The highest BCUT2D eigenvalue weighted by molar-refractivity contribution is 6.88. The number of benzene rings is 1. The van der Waals surface area contributed by atoms with E-state index in [2.05, 4.69) is 47.0 Å². The zero-order valence-electron chi connectivity index (χ0n) is 15.8. The Labute approximate surface area is 171 Å². The van der Waals surface area contributed by atoms with Crippen LogP contribution in [0, 0.1) is 0 Å². The lowest BCUT2D eigenvalue weighted by Gasteiger charge is -2.35.